The molecule has 1 rings (SSSR count). The SMILES string of the molecule is CN(CCc1cccc(Br)c1)C(=O)CC#N. The van der Waals surface area contributed by atoms with Crippen molar-refractivity contribution in [3.63, 3.8) is 0 Å². The first-order valence-electron chi connectivity index (χ1n) is 4.99. The van der Waals surface area contributed by atoms with Gasteiger partial charge in [0.05, 0.1) is 6.07 Å². The molecule has 0 spiro atoms. The summed E-state index contributed by atoms with van der Waals surface area (Å²) in [7, 11) is 1.72. The van der Waals surface area contributed by atoms with Crippen molar-refractivity contribution >= 4 is 21.8 Å². The molecule has 0 aromatic heterocycles. The van der Waals surface area contributed by atoms with Crippen molar-refractivity contribution in [2.45, 2.75) is 12.8 Å². The summed E-state index contributed by atoms with van der Waals surface area (Å²) in [6, 6.07) is 9.84. The van der Waals surface area contributed by atoms with Crippen molar-refractivity contribution in [3.05, 3.63) is 34.3 Å². The molecule has 0 fully saturated rings. The molecule has 0 atom stereocenters. The molecule has 0 saturated carbocycles. The Bertz CT molecular complexity index is 412. The van der Waals surface area contributed by atoms with E-state index in [1.165, 1.54) is 5.56 Å². The van der Waals surface area contributed by atoms with Gasteiger partial charge in [0, 0.05) is 18.1 Å². The normalized spacial score (nSPS) is 9.56. The molecule has 0 aliphatic heterocycles. The number of hydrogen-bond acceptors (Lipinski definition) is 2. The predicted octanol–water partition coefficient (Wildman–Crippen LogP) is 2.36. The van der Waals surface area contributed by atoms with Gasteiger partial charge in [-0.25, -0.2) is 0 Å². The summed E-state index contributed by atoms with van der Waals surface area (Å²) < 4.78 is 1.04. The summed E-state index contributed by atoms with van der Waals surface area (Å²) in [4.78, 5) is 12.9. The second kappa shape index (κ2) is 6.29. The highest BCUT2D eigenvalue weighted by atomic mass is 79.9. The van der Waals surface area contributed by atoms with Gasteiger partial charge in [0.2, 0.25) is 5.91 Å². The van der Waals surface area contributed by atoms with Crippen LogP contribution in [0.1, 0.15) is 12.0 Å². The van der Waals surface area contributed by atoms with E-state index in [-0.39, 0.29) is 12.3 Å². The lowest BCUT2D eigenvalue weighted by Gasteiger charge is -2.15. The zero-order chi connectivity index (χ0) is 12.0. The molecule has 1 aromatic carbocycles. The minimum Gasteiger partial charge on any atom is -0.345 e. The zero-order valence-corrected chi connectivity index (χ0v) is 10.7. The minimum absolute atomic E-state index is 0.0466. The number of halogens is 1. The smallest absolute Gasteiger partial charge is 0.236 e. The Hall–Kier alpha value is -1.34. The standard InChI is InChI=1S/C12H13BrN2O/c1-15(12(16)5-7-14)8-6-10-3-2-4-11(13)9-10/h2-4,9H,5-6,8H2,1H3. The van der Waals surface area contributed by atoms with E-state index >= 15 is 0 Å². The molecule has 0 aliphatic rings. The van der Waals surface area contributed by atoms with Gasteiger partial charge in [0.1, 0.15) is 6.42 Å². The van der Waals surface area contributed by atoms with Crippen LogP contribution < -0.4 is 0 Å². The number of benzene rings is 1. The number of amides is 1. The summed E-state index contributed by atoms with van der Waals surface area (Å²) in [5.41, 5.74) is 1.17. The van der Waals surface area contributed by atoms with Gasteiger partial charge < -0.3 is 4.90 Å². The number of likely N-dealkylation sites (N-methyl/N-ethyl adjacent to an activating group) is 1. The van der Waals surface area contributed by atoms with Crippen molar-refractivity contribution in [2.24, 2.45) is 0 Å². The molecule has 0 radical (unpaired) electrons. The quantitative estimate of drug-likeness (QED) is 0.850. The van der Waals surface area contributed by atoms with Crippen molar-refractivity contribution in [1.82, 2.24) is 4.90 Å². The van der Waals surface area contributed by atoms with Crippen molar-refractivity contribution in [3.8, 4) is 6.07 Å². The lowest BCUT2D eigenvalue weighted by atomic mass is 10.1. The molecule has 0 heterocycles. The van der Waals surface area contributed by atoms with Crippen LogP contribution in [-0.4, -0.2) is 24.4 Å². The maximum atomic E-state index is 11.3. The van der Waals surface area contributed by atoms with Crippen LogP contribution in [0.2, 0.25) is 0 Å². The Balaban J connectivity index is 2.46. The summed E-state index contributed by atoms with van der Waals surface area (Å²) in [5, 5.41) is 8.40. The summed E-state index contributed by atoms with van der Waals surface area (Å²) in [6.45, 7) is 0.636. The highest BCUT2D eigenvalue weighted by Crippen LogP contribution is 2.12. The fraction of sp³-hybridized carbons (Fsp3) is 0.333. The van der Waals surface area contributed by atoms with Crippen LogP contribution in [0.15, 0.2) is 28.7 Å². The van der Waals surface area contributed by atoms with Crippen LogP contribution in [0.4, 0.5) is 0 Å². The Morgan fingerprint density at radius 3 is 2.94 bits per heavy atom. The average Bonchev–Trinajstić information content (AvgIpc) is 2.26. The second-order valence-electron chi connectivity index (χ2n) is 3.53. The lowest BCUT2D eigenvalue weighted by molar-refractivity contribution is -0.128. The monoisotopic (exact) mass is 280 g/mol. The summed E-state index contributed by atoms with van der Waals surface area (Å²) >= 11 is 3.40. The third-order valence-electron chi connectivity index (χ3n) is 2.28. The van der Waals surface area contributed by atoms with E-state index < -0.39 is 0 Å². The second-order valence-corrected chi connectivity index (χ2v) is 4.45. The third-order valence-corrected chi connectivity index (χ3v) is 2.77. The number of carbonyl (C=O) groups excluding carboxylic acids is 1. The minimum atomic E-state index is -0.127. The molecule has 0 saturated heterocycles. The number of nitrogens with zero attached hydrogens (tertiary/aromatic N) is 2. The average molecular weight is 281 g/mol. The molecule has 0 unspecified atom stereocenters. The zero-order valence-electron chi connectivity index (χ0n) is 9.11. The molecule has 4 heteroatoms. The van der Waals surface area contributed by atoms with Gasteiger partial charge >= 0.3 is 0 Å². The highest BCUT2D eigenvalue weighted by Gasteiger charge is 2.07. The molecule has 0 N–H and O–H groups in total. The van der Waals surface area contributed by atoms with Crippen molar-refractivity contribution < 1.29 is 4.79 Å². The number of hydrogen-bond donors (Lipinski definition) is 0. The fourth-order valence-electron chi connectivity index (χ4n) is 1.32. The number of carbonyl (C=O) groups is 1. The fourth-order valence-corrected chi connectivity index (χ4v) is 1.76. The van der Waals surface area contributed by atoms with Gasteiger partial charge in [-0.2, -0.15) is 5.26 Å². The Morgan fingerprint density at radius 1 is 1.56 bits per heavy atom. The Labute approximate surface area is 104 Å². The van der Waals surface area contributed by atoms with Crippen LogP contribution >= 0.6 is 15.9 Å². The van der Waals surface area contributed by atoms with E-state index in [1.54, 1.807) is 11.9 Å². The van der Waals surface area contributed by atoms with Gasteiger partial charge in [-0.05, 0) is 24.1 Å². The van der Waals surface area contributed by atoms with E-state index in [9.17, 15) is 4.79 Å². The van der Waals surface area contributed by atoms with Crippen LogP contribution in [0.3, 0.4) is 0 Å². The third kappa shape index (κ3) is 4.03. The molecule has 16 heavy (non-hydrogen) atoms. The van der Waals surface area contributed by atoms with Crippen LogP contribution in [-0.2, 0) is 11.2 Å². The lowest BCUT2D eigenvalue weighted by Crippen LogP contribution is -2.28. The first-order valence-corrected chi connectivity index (χ1v) is 5.78. The van der Waals surface area contributed by atoms with Gasteiger partial charge in [0.15, 0.2) is 0 Å². The molecule has 84 valence electrons. The van der Waals surface area contributed by atoms with E-state index in [2.05, 4.69) is 15.9 Å². The molecular formula is C12H13BrN2O. The van der Waals surface area contributed by atoms with E-state index in [0.717, 1.165) is 10.9 Å². The molecular weight excluding hydrogens is 268 g/mol. The highest BCUT2D eigenvalue weighted by molar-refractivity contribution is 9.10. The van der Waals surface area contributed by atoms with E-state index in [1.807, 2.05) is 30.3 Å². The predicted molar refractivity (Wildman–Crippen MR) is 65.7 cm³/mol. The molecule has 1 amide bonds. The Morgan fingerprint density at radius 2 is 2.31 bits per heavy atom. The topological polar surface area (TPSA) is 44.1 Å². The Kier molecular flexibility index (Phi) is 5.00. The molecule has 0 aliphatic carbocycles. The van der Waals surface area contributed by atoms with Gasteiger partial charge in [-0.15, -0.1) is 0 Å². The van der Waals surface area contributed by atoms with Gasteiger partial charge in [-0.3, -0.25) is 4.79 Å². The van der Waals surface area contributed by atoms with E-state index in [0.29, 0.717) is 6.54 Å². The first-order chi connectivity index (χ1) is 7.63. The van der Waals surface area contributed by atoms with Gasteiger partial charge in [-0.1, -0.05) is 28.1 Å². The number of nitriles is 1. The van der Waals surface area contributed by atoms with Crippen molar-refractivity contribution in [1.29, 1.82) is 5.26 Å². The molecule has 1 aromatic rings. The maximum Gasteiger partial charge on any atom is 0.236 e. The first kappa shape index (κ1) is 12.7. The van der Waals surface area contributed by atoms with Gasteiger partial charge in [0.25, 0.3) is 0 Å². The van der Waals surface area contributed by atoms with Crippen molar-refractivity contribution in [2.75, 3.05) is 13.6 Å². The van der Waals surface area contributed by atoms with Crippen LogP contribution in [0, 0.1) is 11.3 Å². The molecule has 3 nitrogen and oxygen atoms in total. The van der Waals surface area contributed by atoms with E-state index in [4.69, 9.17) is 5.26 Å². The largest absolute Gasteiger partial charge is 0.345 e. The maximum absolute atomic E-state index is 11.3. The molecule has 0 bridgehead atoms. The summed E-state index contributed by atoms with van der Waals surface area (Å²) in [5.74, 6) is -0.127. The van der Waals surface area contributed by atoms with Crippen LogP contribution in [0.5, 0.6) is 0 Å². The van der Waals surface area contributed by atoms with Crippen LogP contribution in [0.25, 0.3) is 0 Å². The number of rotatable bonds is 4. The summed E-state index contributed by atoms with van der Waals surface area (Å²) in [6.07, 6.45) is 0.752.